The van der Waals surface area contributed by atoms with Crippen LogP contribution in [0.5, 0.6) is 0 Å². The SMILES string of the molecule is O=C(CCc1nc(-c2ccncc2)no1)N[C@@H]1CCCc2ccccc21. The van der Waals surface area contributed by atoms with Gasteiger partial charge >= 0.3 is 0 Å². The Labute approximate surface area is 151 Å². The average molecular weight is 348 g/mol. The van der Waals surface area contributed by atoms with Gasteiger partial charge in [-0.2, -0.15) is 4.98 Å². The van der Waals surface area contributed by atoms with Gasteiger partial charge in [0.05, 0.1) is 6.04 Å². The van der Waals surface area contributed by atoms with Gasteiger partial charge in [0.25, 0.3) is 0 Å². The number of aryl methyl sites for hydroxylation is 2. The Bertz CT molecular complexity index is 892. The Balaban J connectivity index is 1.35. The van der Waals surface area contributed by atoms with Gasteiger partial charge in [0.1, 0.15) is 0 Å². The molecule has 0 saturated heterocycles. The zero-order valence-corrected chi connectivity index (χ0v) is 14.4. The number of hydrogen-bond donors (Lipinski definition) is 1. The number of benzene rings is 1. The van der Waals surface area contributed by atoms with Crippen LogP contribution in [-0.4, -0.2) is 21.0 Å². The molecule has 1 aromatic carbocycles. The van der Waals surface area contributed by atoms with Crippen LogP contribution in [0.2, 0.25) is 0 Å². The van der Waals surface area contributed by atoms with E-state index in [1.54, 1.807) is 12.4 Å². The number of nitrogens with one attached hydrogen (secondary N) is 1. The molecule has 3 aromatic rings. The average Bonchev–Trinajstić information content (AvgIpc) is 3.17. The highest BCUT2D eigenvalue weighted by Gasteiger charge is 2.21. The highest BCUT2D eigenvalue weighted by atomic mass is 16.5. The van der Waals surface area contributed by atoms with Gasteiger partial charge in [0.2, 0.25) is 17.6 Å². The van der Waals surface area contributed by atoms with Crippen molar-refractivity contribution >= 4 is 5.91 Å². The summed E-state index contributed by atoms with van der Waals surface area (Å²) < 4.78 is 5.25. The summed E-state index contributed by atoms with van der Waals surface area (Å²) in [5.74, 6) is 0.996. The van der Waals surface area contributed by atoms with Crippen molar-refractivity contribution in [3.63, 3.8) is 0 Å². The summed E-state index contributed by atoms with van der Waals surface area (Å²) in [7, 11) is 0. The highest BCUT2D eigenvalue weighted by Crippen LogP contribution is 2.29. The molecule has 2 heterocycles. The molecule has 2 aromatic heterocycles. The minimum atomic E-state index is 0.00960. The molecule has 6 nitrogen and oxygen atoms in total. The summed E-state index contributed by atoms with van der Waals surface area (Å²) >= 11 is 0. The predicted octanol–water partition coefficient (Wildman–Crippen LogP) is 3.26. The molecular formula is C20H20N4O2. The normalized spacial score (nSPS) is 16.1. The smallest absolute Gasteiger partial charge is 0.227 e. The summed E-state index contributed by atoms with van der Waals surface area (Å²) in [4.78, 5) is 20.7. The lowest BCUT2D eigenvalue weighted by Crippen LogP contribution is -2.31. The molecule has 0 saturated carbocycles. The quantitative estimate of drug-likeness (QED) is 0.765. The second-order valence-electron chi connectivity index (χ2n) is 6.46. The fraction of sp³-hybridized carbons (Fsp3) is 0.300. The topological polar surface area (TPSA) is 80.9 Å². The Morgan fingerprint density at radius 2 is 2.04 bits per heavy atom. The number of carbonyl (C=O) groups excluding carboxylic acids is 1. The lowest BCUT2D eigenvalue weighted by Gasteiger charge is -2.26. The first-order valence-corrected chi connectivity index (χ1v) is 8.90. The molecule has 132 valence electrons. The molecule has 0 spiro atoms. The fourth-order valence-electron chi connectivity index (χ4n) is 3.37. The second kappa shape index (κ2) is 7.47. The van der Waals surface area contributed by atoms with Crippen LogP contribution in [0.15, 0.2) is 53.3 Å². The second-order valence-corrected chi connectivity index (χ2v) is 6.46. The summed E-state index contributed by atoms with van der Waals surface area (Å²) in [6.45, 7) is 0. The number of nitrogens with zero attached hydrogens (tertiary/aromatic N) is 3. The van der Waals surface area contributed by atoms with Crippen LogP contribution in [0.4, 0.5) is 0 Å². The molecule has 0 radical (unpaired) electrons. The molecule has 0 bridgehead atoms. The van der Waals surface area contributed by atoms with Gasteiger partial charge in [-0.15, -0.1) is 0 Å². The molecular weight excluding hydrogens is 328 g/mol. The Morgan fingerprint density at radius 3 is 2.92 bits per heavy atom. The van der Waals surface area contributed by atoms with E-state index in [9.17, 15) is 4.79 Å². The van der Waals surface area contributed by atoms with Crippen molar-refractivity contribution in [2.45, 2.75) is 38.1 Å². The van der Waals surface area contributed by atoms with Crippen LogP contribution in [0.25, 0.3) is 11.4 Å². The summed E-state index contributed by atoms with van der Waals surface area (Å²) in [5.41, 5.74) is 3.42. The van der Waals surface area contributed by atoms with Gasteiger partial charge in [-0.3, -0.25) is 9.78 Å². The van der Waals surface area contributed by atoms with Gasteiger partial charge in [0.15, 0.2) is 0 Å². The molecule has 1 atom stereocenters. The number of hydrogen-bond acceptors (Lipinski definition) is 5. The van der Waals surface area contributed by atoms with Crippen LogP contribution in [-0.2, 0) is 17.6 Å². The van der Waals surface area contributed by atoms with Crippen molar-refractivity contribution in [2.75, 3.05) is 0 Å². The van der Waals surface area contributed by atoms with Crippen molar-refractivity contribution in [1.82, 2.24) is 20.4 Å². The first kappa shape index (κ1) is 16.4. The monoisotopic (exact) mass is 348 g/mol. The van der Waals surface area contributed by atoms with E-state index in [-0.39, 0.29) is 11.9 Å². The van der Waals surface area contributed by atoms with Crippen molar-refractivity contribution in [3.8, 4) is 11.4 Å². The number of pyridine rings is 1. The number of rotatable bonds is 5. The maximum Gasteiger partial charge on any atom is 0.227 e. The van der Waals surface area contributed by atoms with Crippen LogP contribution < -0.4 is 5.32 Å². The van der Waals surface area contributed by atoms with Gasteiger partial charge in [0, 0.05) is 30.8 Å². The molecule has 26 heavy (non-hydrogen) atoms. The van der Waals surface area contributed by atoms with E-state index >= 15 is 0 Å². The molecule has 1 amide bonds. The van der Waals surface area contributed by atoms with Crippen molar-refractivity contribution in [2.24, 2.45) is 0 Å². The third-order valence-electron chi connectivity index (χ3n) is 4.68. The van der Waals surface area contributed by atoms with Crippen LogP contribution in [0.3, 0.4) is 0 Å². The Kier molecular flexibility index (Phi) is 4.73. The summed E-state index contributed by atoms with van der Waals surface area (Å²) in [5, 5.41) is 7.11. The number of carbonyl (C=O) groups is 1. The first-order chi connectivity index (χ1) is 12.8. The third-order valence-corrected chi connectivity index (χ3v) is 4.68. The number of amides is 1. The molecule has 0 unspecified atom stereocenters. The fourth-order valence-corrected chi connectivity index (χ4v) is 3.37. The van der Waals surface area contributed by atoms with Gasteiger partial charge in [-0.25, -0.2) is 0 Å². The Hall–Kier alpha value is -3.02. The molecule has 1 aliphatic rings. The van der Waals surface area contributed by atoms with E-state index < -0.39 is 0 Å². The Morgan fingerprint density at radius 1 is 1.19 bits per heavy atom. The van der Waals surface area contributed by atoms with Crippen LogP contribution >= 0.6 is 0 Å². The minimum absolute atomic E-state index is 0.00960. The van der Waals surface area contributed by atoms with E-state index in [0.717, 1.165) is 24.8 Å². The first-order valence-electron chi connectivity index (χ1n) is 8.90. The molecule has 1 aliphatic carbocycles. The van der Waals surface area contributed by atoms with Crippen molar-refractivity contribution in [1.29, 1.82) is 0 Å². The predicted molar refractivity (Wildman–Crippen MR) is 96.1 cm³/mol. The molecule has 0 fully saturated rings. The van der Waals surface area contributed by atoms with E-state index in [4.69, 9.17) is 4.52 Å². The molecule has 0 aliphatic heterocycles. The highest BCUT2D eigenvalue weighted by molar-refractivity contribution is 5.76. The third kappa shape index (κ3) is 3.64. The van der Waals surface area contributed by atoms with Crippen molar-refractivity contribution < 1.29 is 9.32 Å². The lowest BCUT2D eigenvalue weighted by atomic mass is 9.87. The maximum atomic E-state index is 12.4. The van der Waals surface area contributed by atoms with Gasteiger partial charge in [-0.1, -0.05) is 29.4 Å². The standard InChI is InChI=1S/C20H20N4O2/c25-18(22-17-7-3-5-14-4-1-2-6-16(14)17)8-9-19-23-20(24-26-19)15-10-12-21-13-11-15/h1-2,4,6,10-13,17H,3,5,7-9H2,(H,22,25)/t17-/m1/s1. The largest absolute Gasteiger partial charge is 0.349 e. The van der Waals surface area contributed by atoms with E-state index in [0.29, 0.717) is 24.6 Å². The molecule has 6 heteroatoms. The number of fused-ring (bicyclic) bond motifs is 1. The van der Waals surface area contributed by atoms with E-state index in [1.165, 1.54) is 11.1 Å². The van der Waals surface area contributed by atoms with Gasteiger partial charge < -0.3 is 9.84 Å². The van der Waals surface area contributed by atoms with Crippen LogP contribution in [0, 0.1) is 0 Å². The van der Waals surface area contributed by atoms with Crippen LogP contribution in [0.1, 0.15) is 42.3 Å². The van der Waals surface area contributed by atoms with Gasteiger partial charge in [-0.05, 0) is 42.5 Å². The summed E-state index contributed by atoms with van der Waals surface area (Å²) in [6.07, 6.45) is 7.29. The van der Waals surface area contributed by atoms with Crippen molar-refractivity contribution in [3.05, 3.63) is 65.8 Å². The van der Waals surface area contributed by atoms with E-state index in [2.05, 4.69) is 38.6 Å². The zero-order chi connectivity index (χ0) is 17.8. The maximum absolute atomic E-state index is 12.4. The zero-order valence-electron chi connectivity index (χ0n) is 14.4. The lowest BCUT2D eigenvalue weighted by molar-refractivity contribution is -0.122. The summed E-state index contributed by atoms with van der Waals surface area (Å²) in [6, 6.07) is 12.1. The van der Waals surface area contributed by atoms with E-state index in [1.807, 2.05) is 18.2 Å². The molecule has 1 N–H and O–H groups in total. The minimum Gasteiger partial charge on any atom is -0.349 e. The molecule has 4 rings (SSSR count). The number of aromatic nitrogens is 3.